The monoisotopic (exact) mass is 476 g/mol. The zero-order chi connectivity index (χ0) is 24.3. The van der Waals surface area contributed by atoms with Crippen LogP contribution < -0.4 is 15.5 Å². The van der Waals surface area contributed by atoms with E-state index in [9.17, 15) is 4.79 Å². The largest absolute Gasteiger partial charge is 0.356 e. The molecule has 0 atom stereocenters. The summed E-state index contributed by atoms with van der Waals surface area (Å²) in [4.78, 5) is 29.2. The van der Waals surface area contributed by atoms with Crippen LogP contribution in [-0.2, 0) is 0 Å². The molecule has 178 valence electrons. The number of nitrogens with one attached hydrogen (secondary N) is 2. The van der Waals surface area contributed by atoms with E-state index in [-0.39, 0.29) is 11.9 Å². The number of carbonyl (C=O) groups is 1. The first kappa shape index (κ1) is 21.7. The van der Waals surface area contributed by atoms with E-state index in [1.807, 2.05) is 66.7 Å². The molecule has 3 aromatic carbocycles. The first-order valence-electron chi connectivity index (χ1n) is 11.9. The number of benzene rings is 3. The molecular formula is C27H24N8O. The number of anilines is 4. The molecule has 0 saturated carbocycles. The number of amides is 1. The van der Waals surface area contributed by atoms with E-state index < -0.39 is 0 Å². The van der Waals surface area contributed by atoms with Gasteiger partial charge in [0.15, 0.2) is 0 Å². The van der Waals surface area contributed by atoms with Gasteiger partial charge in [-0.2, -0.15) is 14.6 Å². The van der Waals surface area contributed by atoms with Gasteiger partial charge in [-0.1, -0.05) is 48.5 Å². The van der Waals surface area contributed by atoms with Crippen LogP contribution in [0.25, 0.3) is 16.6 Å². The van der Waals surface area contributed by atoms with Gasteiger partial charge in [0.2, 0.25) is 11.9 Å². The van der Waals surface area contributed by atoms with Crippen molar-refractivity contribution in [3.05, 3.63) is 90.5 Å². The average Bonchev–Trinajstić information content (AvgIpc) is 3.60. The lowest BCUT2D eigenvalue weighted by atomic mass is 10.2. The zero-order valence-electron chi connectivity index (χ0n) is 19.5. The van der Waals surface area contributed by atoms with Crippen molar-refractivity contribution < 1.29 is 4.79 Å². The first-order chi connectivity index (χ1) is 17.7. The number of aromatic nitrogens is 5. The Labute approximate surface area is 207 Å². The molecule has 3 heterocycles. The van der Waals surface area contributed by atoms with Crippen LogP contribution in [0.5, 0.6) is 0 Å². The molecule has 5 aromatic rings. The second-order valence-electron chi connectivity index (χ2n) is 8.53. The summed E-state index contributed by atoms with van der Waals surface area (Å²) >= 11 is 0. The van der Waals surface area contributed by atoms with Gasteiger partial charge in [-0.25, -0.2) is 4.98 Å². The standard InChI is InChI=1S/C27H24N8O/c36-24(19-11-3-1-4-12-19)30-26-32-27(35(33-26)20-13-5-2-6-14-20)31-25-28-22-16-8-7-15-21(22)23(29-25)34-17-9-10-18-34/h1-8,11-16H,9-10,17-18H2,(H2,28,29,30,31,32,33,36). The molecule has 0 radical (unpaired) electrons. The highest BCUT2D eigenvalue weighted by molar-refractivity contribution is 6.03. The number of hydrogen-bond acceptors (Lipinski definition) is 7. The predicted octanol–water partition coefficient (Wildman–Crippen LogP) is 4.81. The minimum Gasteiger partial charge on any atom is -0.356 e. The predicted molar refractivity (Wildman–Crippen MR) is 140 cm³/mol. The fraction of sp³-hybridized carbons (Fsp3) is 0.148. The lowest BCUT2D eigenvalue weighted by Gasteiger charge is -2.19. The summed E-state index contributed by atoms with van der Waals surface area (Å²) in [5.41, 5.74) is 2.16. The second-order valence-corrected chi connectivity index (χ2v) is 8.53. The third-order valence-electron chi connectivity index (χ3n) is 6.08. The summed E-state index contributed by atoms with van der Waals surface area (Å²) in [7, 11) is 0. The summed E-state index contributed by atoms with van der Waals surface area (Å²) < 4.78 is 1.63. The summed E-state index contributed by atoms with van der Waals surface area (Å²) in [5.74, 6) is 1.61. The molecule has 2 aromatic heterocycles. The van der Waals surface area contributed by atoms with E-state index in [0.717, 1.165) is 48.3 Å². The molecule has 1 saturated heterocycles. The Balaban J connectivity index is 1.38. The molecule has 6 rings (SSSR count). The second kappa shape index (κ2) is 9.46. The van der Waals surface area contributed by atoms with Crippen molar-refractivity contribution >= 4 is 40.5 Å². The fourth-order valence-corrected chi connectivity index (χ4v) is 4.34. The maximum atomic E-state index is 12.7. The van der Waals surface area contributed by atoms with Crippen LogP contribution in [-0.4, -0.2) is 43.7 Å². The van der Waals surface area contributed by atoms with Crippen molar-refractivity contribution in [2.24, 2.45) is 0 Å². The molecule has 36 heavy (non-hydrogen) atoms. The molecule has 1 fully saturated rings. The summed E-state index contributed by atoms with van der Waals surface area (Å²) in [6.45, 7) is 1.94. The van der Waals surface area contributed by atoms with Crippen LogP contribution >= 0.6 is 0 Å². The number of carbonyl (C=O) groups excluding carboxylic acids is 1. The molecular weight excluding hydrogens is 452 g/mol. The van der Waals surface area contributed by atoms with Gasteiger partial charge >= 0.3 is 0 Å². The van der Waals surface area contributed by atoms with Crippen LogP contribution in [0.1, 0.15) is 23.2 Å². The van der Waals surface area contributed by atoms with Crippen LogP contribution in [0.2, 0.25) is 0 Å². The summed E-state index contributed by atoms with van der Waals surface area (Å²) in [5, 5.41) is 11.6. The summed E-state index contributed by atoms with van der Waals surface area (Å²) in [6, 6.07) is 26.6. The SMILES string of the molecule is O=C(Nc1nc(Nc2nc(N3CCCC3)c3ccccc3n2)n(-c2ccccc2)n1)c1ccccc1. The van der Waals surface area contributed by atoms with Crippen molar-refractivity contribution in [1.82, 2.24) is 24.7 Å². The van der Waals surface area contributed by atoms with Crippen LogP contribution in [0.3, 0.4) is 0 Å². The van der Waals surface area contributed by atoms with Crippen molar-refractivity contribution in [2.75, 3.05) is 28.6 Å². The van der Waals surface area contributed by atoms with Gasteiger partial charge in [0.05, 0.1) is 11.2 Å². The Hall–Kier alpha value is -4.79. The number of fused-ring (bicyclic) bond motifs is 1. The molecule has 0 aliphatic carbocycles. The molecule has 2 N–H and O–H groups in total. The van der Waals surface area contributed by atoms with Gasteiger partial charge in [0.25, 0.3) is 11.9 Å². The Morgan fingerprint density at radius 1 is 0.750 bits per heavy atom. The average molecular weight is 477 g/mol. The van der Waals surface area contributed by atoms with Crippen molar-refractivity contribution in [2.45, 2.75) is 12.8 Å². The third-order valence-corrected chi connectivity index (χ3v) is 6.08. The quantitative estimate of drug-likeness (QED) is 0.363. The molecule has 0 spiro atoms. The van der Waals surface area contributed by atoms with Gasteiger partial charge in [-0.3, -0.25) is 15.4 Å². The number of rotatable bonds is 6. The number of hydrogen-bond donors (Lipinski definition) is 2. The maximum absolute atomic E-state index is 12.7. The van der Waals surface area contributed by atoms with Gasteiger partial charge in [0, 0.05) is 24.0 Å². The zero-order valence-corrected chi connectivity index (χ0v) is 19.5. The van der Waals surface area contributed by atoms with E-state index in [1.54, 1.807) is 16.8 Å². The van der Waals surface area contributed by atoms with E-state index in [4.69, 9.17) is 9.97 Å². The Kier molecular flexibility index (Phi) is 5.71. The Morgan fingerprint density at radius 3 is 2.22 bits per heavy atom. The topological polar surface area (TPSA) is 101 Å². The third kappa shape index (κ3) is 4.34. The highest BCUT2D eigenvalue weighted by atomic mass is 16.1. The molecule has 0 unspecified atom stereocenters. The minimum absolute atomic E-state index is 0.177. The molecule has 9 nitrogen and oxygen atoms in total. The van der Waals surface area contributed by atoms with E-state index in [0.29, 0.717) is 17.5 Å². The first-order valence-corrected chi connectivity index (χ1v) is 11.9. The van der Waals surface area contributed by atoms with Gasteiger partial charge in [-0.15, -0.1) is 5.10 Å². The summed E-state index contributed by atoms with van der Waals surface area (Å²) in [6.07, 6.45) is 2.29. The molecule has 1 aliphatic heterocycles. The lowest BCUT2D eigenvalue weighted by Crippen LogP contribution is -2.20. The van der Waals surface area contributed by atoms with E-state index >= 15 is 0 Å². The van der Waals surface area contributed by atoms with Crippen molar-refractivity contribution in [3.8, 4) is 5.69 Å². The van der Waals surface area contributed by atoms with Gasteiger partial charge in [0.1, 0.15) is 5.82 Å². The van der Waals surface area contributed by atoms with Crippen molar-refractivity contribution in [1.29, 1.82) is 0 Å². The van der Waals surface area contributed by atoms with Crippen LogP contribution in [0, 0.1) is 0 Å². The molecule has 9 heteroatoms. The van der Waals surface area contributed by atoms with Gasteiger partial charge in [-0.05, 0) is 49.2 Å². The van der Waals surface area contributed by atoms with E-state index in [1.165, 1.54) is 0 Å². The smallest absolute Gasteiger partial charge is 0.258 e. The lowest BCUT2D eigenvalue weighted by molar-refractivity contribution is 0.102. The number of nitrogens with zero attached hydrogens (tertiary/aromatic N) is 6. The number of para-hydroxylation sites is 2. The minimum atomic E-state index is -0.286. The maximum Gasteiger partial charge on any atom is 0.258 e. The molecule has 0 bridgehead atoms. The highest BCUT2D eigenvalue weighted by Crippen LogP contribution is 2.29. The Morgan fingerprint density at radius 2 is 1.44 bits per heavy atom. The highest BCUT2D eigenvalue weighted by Gasteiger charge is 2.20. The van der Waals surface area contributed by atoms with Crippen LogP contribution in [0.4, 0.5) is 23.7 Å². The van der Waals surface area contributed by atoms with Crippen LogP contribution in [0.15, 0.2) is 84.9 Å². The fourth-order valence-electron chi connectivity index (χ4n) is 4.34. The Bertz CT molecular complexity index is 1510. The normalized spacial score (nSPS) is 13.2. The molecule has 1 amide bonds. The van der Waals surface area contributed by atoms with Gasteiger partial charge < -0.3 is 4.90 Å². The van der Waals surface area contributed by atoms with E-state index in [2.05, 4.69) is 31.7 Å². The van der Waals surface area contributed by atoms with Crippen molar-refractivity contribution in [3.63, 3.8) is 0 Å². The molecule has 1 aliphatic rings.